The van der Waals surface area contributed by atoms with E-state index in [-0.39, 0.29) is 23.6 Å². The van der Waals surface area contributed by atoms with Crippen LogP contribution in [-0.2, 0) is 21.2 Å². The number of carbonyl (C=O) groups is 1. The van der Waals surface area contributed by atoms with Crippen molar-refractivity contribution in [2.45, 2.75) is 19.0 Å². The Kier molecular flexibility index (Phi) is 4.27. The van der Waals surface area contributed by atoms with Gasteiger partial charge < -0.3 is 5.32 Å². The lowest BCUT2D eigenvalue weighted by atomic mass is 10.2. The zero-order chi connectivity index (χ0) is 19.0. The largest absolute Gasteiger partial charge is 0.351 e. The lowest BCUT2D eigenvalue weighted by Gasteiger charge is -2.11. The van der Waals surface area contributed by atoms with Gasteiger partial charge in [-0.3, -0.25) is 14.2 Å². The molecule has 9 nitrogen and oxygen atoms in total. The van der Waals surface area contributed by atoms with E-state index in [9.17, 15) is 18.0 Å². The van der Waals surface area contributed by atoms with Gasteiger partial charge >= 0.3 is 0 Å². The summed E-state index contributed by atoms with van der Waals surface area (Å²) < 4.78 is 25.7. The highest BCUT2D eigenvalue weighted by molar-refractivity contribution is 7.91. The third-order valence-electron chi connectivity index (χ3n) is 4.47. The molecule has 1 atom stereocenters. The van der Waals surface area contributed by atoms with Crippen molar-refractivity contribution in [3.63, 3.8) is 0 Å². The van der Waals surface area contributed by atoms with Crippen molar-refractivity contribution in [1.29, 1.82) is 0 Å². The van der Waals surface area contributed by atoms with Crippen molar-refractivity contribution in [1.82, 2.24) is 24.6 Å². The fraction of sp³-hybridized carbons (Fsp3) is 0.294. The third-order valence-corrected chi connectivity index (χ3v) is 6.23. The molecule has 10 heteroatoms. The molecular weight excluding hydrogens is 370 g/mol. The van der Waals surface area contributed by atoms with Crippen molar-refractivity contribution in [3.05, 3.63) is 53.2 Å². The zero-order valence-electron chi connectivity index (χ0n) is 14.3. The minimum absolute atomic E-state index is 0.0607. The second-order valence-corrected chi connectivity index (χ2v) is 8.70. The fourth-order valence-electron chi connectivity index (χ4n) is 3.16. The summed E-state index contributed by atoms with van der Waals surface area (Å²) in [6, 6.07) is 8.89. The summed E-state index contributed by atoms with van der Waals surface area (Å²) in [5, 5.41) is 7.19. The number of rotatable bonds is 4. The number of para-hydroxylation sites is 1. The number of carbonyl (C=O) groups excluding carboxylic acids is 1. The Labute approximate surface area is 154 Å². The predicted molar refractivity (Wildman–Crippen MR) is 98.3 cm³/mol. The molecule has 1 aliphatic heterocycles. The first-order valence-electron chi connectivity index (χ1n) is 8.41. The summed E-state index contributed by atoms with van der Waals surface area (Å²) in [4.78, 5) is 29.1. The summed E-state index contributed by atoms with van der Waals surface area (Å²) in [5.74, 6) is -0.408. The number of sulfone groups is 1. The maximum Gasteiger partial charge on any atom is 0.264 e. The molecule has 27 heavy (non-hydrogen) atoms. The Bertz CT molecular complexity index is 1170. The number of nitrogens with one attached hydrogen (secondary N) is 1. The third kappa shape index (κ3) is 3.47. The van der Waals surface area contributed by atoms with Gasteiger partial charge in [0.25, 0.3) is 5.56 Å². The van der Waals surface area contributed by atoms with Crippen molar-refractivity contribution < 1.29 is 13.2 Å². The van der Waals surface area contributed by atoms with Crippen LogP contribution in [0, 0.1) is 0 Å². The van der Waals surface area contributed by atoms with E-state index in [0.29, 0.717) is 17.5 Å². The first-order valence-corrected chi connectivity index (χ1v) is 10.2. The van der Waals surface area contributed by atoms with Crippen LogP contribution in [0.3, 0.4) is 0 Å². The number of nitrogens with zero attached hydrogens (tertiary/aromatic N) is 4. The first-order chi connectivity index (χ1) is 12.9. The van der Waals surface area contributed by atoms with Crippen LogP contribution in [0.2, 0.25) is 0 Å². The molecule has 3 heterocycles. The second kappa shape index (κ2) is 6.62. The number of hydrogen-bond acceptors (Lipinski definition) is 6. The number of benzene rings is 1. The molecule has 140 valence electrons. The molecule has 1 aliphatic rings. The molecule has 0 spiro atoms. The maximum atomic E-state index is 12.6. The van der Waals surface area contributed by atoms with E-state index in [2.05, 4.69) is 15.4 Å². The monoisotopic (exact) mass is 387 g/mol. The summed E-state index contributed by atoms with van der Waals surface area (Å²) in [6.45, 7) is -0.227. The zero-order valence-corrected chi connectivity index (χ0v) is 15.1. The summed E-state index contributed by atoms with van der Waals surface area (Å²) in [6.07, 6.45) is 3.12. The molecule has 1 saturated heterocycles. The number of hydrogen-bond donors (Lipinski definition) is 1. The Morgan fingerprint density at radius 3 is 2.74 bits per heavy atom. The topological polar surface area (TPSA) is 116 Å². The van der Waals surface area contributed by atoms with Crippen molar-refractivity contribution in [2.75, 3.05) is 11.5 Å². The second-order valence-electron chi connectivity index (χ2n) is 6.47. The van der Waals surface area contributed by atoms with Gasteiger partial charge in [0.2, 0.25) is 5.91 Å². The van der Waals surface area contributed by atoms with Gasteiger partial charge in [0.05, 0.1) is 23.4 Å². The van der Waals surface area contributed by atoms with Gasteiger partial charge in [0.1, 0.15) is 18.3 Å². The van der Waals surface area contributed by atoms with E-state index in [1.165, 1.54) is 17.1 Å². The number of fused-ring (bicyclic) bond motifs is 1. The molecule has 0 unspecified atom stereocenters. The Balaban J connectivity index is 1.56. The first kappa shape index (κ1) is 17.4. The van der Waals surface area contributed by atoms with Crippen molar-refractivity contribution >= 4 is 26.8 Å². The molecule has 1 aromatic carbocycles. The highest BCUT2D eigenvalue weighted by atomic mass is 32.2. The molecule has 0 saturated carbocycles. The van der Waals surface area contributed by atoms with E-state index in [0.717, 1.165) is 5.69 Å². The molecule has 3 aromatic rings. The minimum Gasteiger partial charge on any atom is -0.351 e. The molecule has 1 amide bonds. The Morgan fingerprint density at radius 1 is 1.26 bits per heavy atom. The lowest BCUT2D eigenvalue weighted by Crippen LogP contribution is -2.39. The molecule has 1 fully saturated rings. The van der Waals surface area contributed by atoms with Gasteiger partial charge in [-0.05, 0) is 18.6 Å². The smallest absolute Gasteiger partial charge is 0.264 e. The normalized spacial score (nSPS) is 18.6. The van der Waals surface area contributed by atoms with Crippen LogP contribution in [0.15, 0.2) is 47.7 Å². The molecule has 0 bridgehead atoms. The van der Waals surface area contributed by atoms with E-state index >= 15 is 0 Å². The molecule has 0 radical (unpaired) electrons. The van der Waals surface area contributed by atoms with Crippen LogP contribution in [0.5, 0.6) is 0 Å². The number of amides is 1. The molecule has 2 aromatic heterocycles. The van der Waals surface area contributed by atoms with Crippen molar-refractivity contribution in [3.8, 4) is 5.69 Å². The van der Waals surface area contributed by atoms with E-state index in [4.69, 9.17) is 0 Å². The van der Waals surface area contributed by atoms with Gasteiger partial charge in [-0.25, -0.2) is 18.1 Å². The SMILES string of the molecule is O=C(Cn1cnc2c(cnn2-c2ccccc2)c1=O)N[C@H]1CCS(=O)(=O)C1. The van der Waals surface area contributed by atoms with Crippen LogP contribution >= 0.6 is 0 Å². The van der Waals surface area contributed by atoms with E-state index in [1.807, 2.05) is 30.3 Å². The number of aromatic nitrogens is 4. The predicted octanol–water partition coefficient (Wildman–Crippen LogP) is -0.115. The van der Waals surface area contributed by atoms with Crippen LogP contribution < -0.4 is 10.9 Å². The average molecular weight is 387 g/mol. The molecular formula is C17H17N5O4S. The summed E-state index contributed by atoms with van der Waals surface area (Å²) in [5.41, 5.74) is 0.804. The van der Waals surface area contributed by atoms with Gasteiger partial charge in [0, 0.05) is 6.04 Å². The lowest BCUT2D eigenvalue weighted by molar-refractivity contribution is -0.122. The van der Waals surface area contributed by atoms with Crippen LogP contribution in [0.1, 0.15) is 6.42 Å². The fourth-order valence-corrected chi connectivity index (χ4v) is 4.83. The highest BCUT2D eigenvalue weighted by Crippen LogP contribution is 2.13. The van der Waals surface area contributed by atoms with Crippen LogP contribution in [0.25, 0.3) is 16.7 Å². The summed E-state index contributed by atoms with van der Waals surface area (Å²) in [7, 11) is -3.08. The van der Waals surface area contributed by atoms with Crippen LogP contribution in [0.4, 0.5) is 0 Å². The highest BCUT2D eigenvalue weighted by Gasteiger charge is 2.29. The van der Waals surface area contributed by atoms with Gasteiger partial charge in [0.15, 0.2) is 15.5 Å². The van der Waals surface area contributed by atoms with Gasteiger partial charge in [-0.15, -0.1) is 0 Å². The molecule has 4 rings (SSSR count). The van der Waals surface area contributed by atoms with Gasteiger partial charge in [-0.2, -0.15) is 5.10 Å². The Morgan fingerprint density at radius 2 is 2.04 bits per heavy atom. The van der Waals surface area contributed by atoms with Gasteiger partial charge in [-0.1, -0.05) is 18.2 Å². The standard InChI is InChI=1S/C17H17N5O4S/c23-15(20-12-6-7-27(25,26)10-12)9-21-11-18-16-14(17(21)24)8-19-22(16)13-4-2-1-3-5-13/h1-5,8,11-12H,6-7,9-10H2,(H,20,23)/t12-/m0/s1. The van der Waals surface area contributed by atoms with Crippen molar-refractivity contribution in [2.24, 2.45) is 0 Å². The molecule has 1 N–H and O–H groups in total. The summed E-state index contributed by atoms with van der Waals surface area (Å²) >= 11 is 0. The maximum absolute atomic E-state index is 12.6. The Hall–Kier alpha value is -3.01. The van der Waals surface area contributed by atoms with Crippen LogP contribution in [-0.4, -0.2) is 51.2 Å². The van der Waals surface area contributed by atoms with E-state index in [1.54, 1.807) is 4.68 Å². The molecule has 0 aliphatic carbocycles. The quantitative estimate of drug-likeness (QED) is 0.668. The van der Waals surface area contributed by atoms with E-state index < -0.39 is 21.8 Å². The average Bonchev–Trinajstić information content (AvgIpc) is 3.21. The minimum atomic E-state index is -3.08.